The number of nitrogens with one attached hydrogen (secondary N) is 1. The number of carbonyl (C=O) groups is 3. The van der Waals surface area contributed by atoms with Gasteiger partial charge in [0.15, 0.2) is 0 Å². The number of ether oxygens (including phenoxy) is 2. The molecule has 0 radical (unpaired) electrons. The van der Waals surface area contributed by atoms with Gasteiger partial charge in [-0.3, -0.25) is 9.59 Å². The predicted molar refractivity (Wildman–Crippen MR) is 145 cm³/mol. The Morgan fingerprint density at radius 1 is 1.14 bits per heavy atom. The van der Waals surface area contributed by atoms with Crippen LogP contribution in [0.25, 0.3) is 0 Å². The highest BCUT2D eigenvalue weighted by Crippen LogP contribution is 2.32. The van der Waals surface area contributed by atoms with E-state index in [1.807, 2.05) is 12.1 Å². The Morgan fingerprint density at radius 3 is 2.49 bits per heavy atom. The summed E-state index contributed by atoms with van der Waals surface area (Å²) >= 11 is 15.8. The predicted octanol–water partition coefficient (Wildman–Crippen LogP) is 5.50. The first-order valence-corrected chi connectivity index (χ1v) is 13.4. The molecule has 4 rings (SSSR count). The van der Waals surface area contributed by atoms with Gasteiger partial charge in [-0.05, 0) is 62.7 Å². The van der Waals surface area contributed by atoms with Crippen molar-refractivity contribution in [2.24, 2.45) is 0 Å². The number of rotatable bonds is 5. The monoisotopic (exact) mass is 611 g/mol. The number of nitrogens with zero attached hydrogens (tertiary/aromatic N) is 2. The number of benzene rings is 2. The molecule has 2 saturated heterocycles. The van der Waals surface area contributed by atoms with E-state index in [1.54, 1.807) is 56.0 Å². The van der Waals surface area contributed by atoms with Gasteiger partial charge < -0.3 is 24.6 Å². The van der Waals surface area contributed by atoms with Gasteiger partial charge in [0, 0.05) is 33.3 Å². The van der Waals surface area contributed by atoms with E-state index >= 15 is 0 Å². The fourth-order valence-electron chi connectivity index (χ4n) is 4.36. The lowest BCUT2D eigenvalue weighted by Gasteiger charge is -2.40. The van der Waals surface area contributed by atoms with Crippen molar-refractivity contribution >= 4 is 62.7 Å². The van der Waals surface area contributed by atoms with Crippen LogP contribution in [0.2, 0.25) is 10.0 Å². The van der Waals surface area contributed by atoms with Gasteiger partial charge in [-0.1, -0.05) is 45.2 Å². The van der Waals surface area contributed by atoms with Gasteiger partial charge >= 0.3 is 6.09 Å². The van der Waals surface area contributed by atoms with Gasteiger partial charge in [0.25, 0.3) is 5.91 Å². The maximum atomic E-state index is 13.6. The number of amides is 3. The second kappa shape index (κ2) is 11.2. The van der Waals surface area contributed by atoms with E-state index in [9.17, 15) is 14.4 Å². The molecule has 198 valence electrons. The van der Waals surface area contributed by atoms with Crippen LogP contribution in [-0.4, -0.2) is 64.6 Å². The second-order valence-corrected chi connectivity index (χ2v) is 11.8. The van der Waals surface area contributed by atoms with E-state index in [2.05, 4.69) is 21.2 Å². The summed E-state index contributed by atoms with van der Waals surface area (Å²) < 4.78 is 12.5. The normalized spacial score (nSPS) is 21.6. The number of hydrogen-bond donors (Lipinski definition) is 1. The van der Waals surface area contributed by atoms with Crippen LogP contribution in [0.1, 0.15) is 32.8 Å². The van der Waals surface area contributed by atoms with Gasteiger partial charge in [0.05, 0.1) is 25.1 Å². The van der Waals surface area contributed by atoms with Crippen molar-refractivity contribution < 1.29 is 23.9 Å². The quantitative estimate of drug-likeness (QED) is 0.482. The molecular weight excluding hydrogens is 585 g/mol. The number of halogens is 3. The number of likely N-dealkylation sites (tertiary alicyclic amines) is 1. The summed E-state index contributed by atoms with van der Waals surface area (Å²) in [5.74, 6) is -0.699. The van der Waals surface area contributed by atoms with E-state index in [4.69, 9.17) is 32.7 Å². The van der Waals surface area contributed by atoms with Crippen molar-refractivity contribution in [2.45, 2.75) is 57.6 Å². The van der Waals surface area contributed by atoms with Crippen molar-refractivity contribution in [3.63, 3.8) is 0 Å². The fourth-order valence-corrected chi connectivity index (χ4v) is 5.09. The van der Waals surface area contributed by atoms with Crippen LogP contribution < -0.4 is 5.32 Å². The molecule has 2 aliphatic rings. The van der Waals surface area contributed by atoms with Crippen molar-refractivity contribution in [3.05, 3.63) is 62.5 Å². The lowest BCUT2D eigenvalue weighted by Crippen LogP contribution is -2.58. The van der Waals surface area contributed by atoms with Crippen molar-refractivity contribution in [2.75, 3.05) is 18.4 Å². The Hall–Kier alpha value is -2.33. The molecule has 11 heteroatoms. The standard InChI is InChI=1S/C26H28BrCl2N3O5/c1-26(2,3)37-25(35)31-13-20-22(14-31)36-21(11-23(33)30-18-8-5-16(27)6-9-18)24(34)32(20)12-15-4-7-17(28)10-19(15)29/h4-10,20-22H,11-14H2,1-3H3,(H,30,33). The smallest absolute Gasteiger partial charge is 0.410 e. The maximum Gasteiger partial charge on any atom is 0.410 e. The molecule has 0 aliphatic carbocycles. The van der Waals surface area contributed by atoms with E-state index in [1.165, 1.54) is 4.90 Å². The minimum absolute atomic E-state index is 0.171. The van der Waals surface area contributed by atoms with Crippen LogP contribution in [-0.2, 0) is 25.6 Å². The number of morpholine rings is 1. The minimum atomic E-state index is -1.01. The summed E-state index contributed by atoms with van der Waals surface area (Å²) in [4.78, 5) is 42.3. The van der Waals surface area contributed by atoms with Crippen LogP contribution in [0, 0.1) is 0 Å². The average molecular weight is 613 g/mol. The van der Waals surface area contributed by atoms with Crippen molar-refractivity contribution in [3.8, 4) is 0 Å². The Labute approximate surface area is 234 Å². The molecule has 0 spiro atoms. The van der Waals surface area contributed by atoms with Gasteiger partial charge in [0.2, 0.25) is 5.91 Å². The second-order valence-electron chi connectivity index (χ2n) is 10.1. The van der Waals surface area contributed by atoms with E-state index in [-0.39, 0.29) is 37.9 Å². The first kappa shape index (κ1) is 27.7. The molecule has 0 saturated carbocycles. The molecule has 3 amide bonds. The lowest BCUT2D eigenvalue weighted by molar-refractivity contribution is -0.169. The molecule has 1 N–H and O–H groups in total. The third-order valence-corrected chi connectivity index (χ3v) is 7.16. The average Bonchev–Trinajstić information content (AvgIpc) is 3.22. The molecule has 2 fully saturated rings. The number of anilines is 1. The van der Waals surface area contributed by atoms with Crippen LogP contribution >= 0.6 is 39.1 Å². The number of fused-ring (bicyclic) bond motifs is 1. The van der Waals surface area contributed by atoms with Crippen LogP contribution in [0.15, 0.2) is 46.9 Å². The maximum absolute atomic E-state index is 13.6. The Kier molecular flexibility index (Phi) is 8.38. The zero-order valence-electron chi connectivity index (χ0n) is 20.7. The van der Waals surface area contributed by atoms with E-state index < -0.39 is 29.9 Å². The molecule has 3 atom stereocenters. The molecule has 2 heterocycles. The fraction of sp³-hybridized carbons (Fsp3) is 0.423. The highest BCUT2D eigenvalue weighted by molar-refractivity contribution is 9.10. The molecule has 0 aromatic heterocycles. The Bertz CT molecular complexity index is 1190. The zero-order valence-corrected chi connectivity index (χ0v) is 23.8. The highest BCUT2D eigenvalue weighted by Gasteiger charge is 2.49. The molecule has 2 aliphatic heterocycles. The summed E-state index contributed by atoms with van der Waals surface area (Å²) in [6.07, 6.45) is -2.15. The van der Waals surface area contributed by atoms with Gasteiger partial charge in [0.1, 0.15) is 11.7 Å². The molecule has 2 aromatic rings. The summed E-state index contributed by atoms with van der Waals surface area (Å²) in [6.45, 7) is 6.05. The van der Waals surface area contributed by atoms with E-state index in [0.717, 1.165) is 4.47 Å². The van der Waals surface area contributed by atoms with Gasteiger partial charge in [-0.15, -0.1) is 0 Å². The molecular formula is C26H28BrCl2N3O5. The van der Waals surface area contributed by atoms with Gasteiger partial charge in [-0.25, -0.2) is 4.79 Å². The largest absolute Gasteiger partial charge is 0.444 e. The lowest BCUT2D eigenvalue weighted by atomic mass is 10.0. The molecule has 2 aromatic carbocycles. The topological polar surface area (TPSA) is 88.2 Å². The Morgan fingerprint density at radius 2 is 1.84 bits per heavy atom. The minimum Gasteiger partial charge on any atom is -0.444 e. The zero-order chi connectivity index (χ0) is 26.9. The van der Waals surface area contributed by atoms with Crippen LogP contribution in [0.3, 0.4) is 0 Å². The van der Waals surface area contributed by atoms with Crippen molar-refractivity contribution in [1.82, 2.24) is 9.80 Å². The highest BCUT2D eigenvalue weighted by atomic mass is 79.9. The SMILES string of the molecule is CC(C)(C)OC(=O)N1CC2OC(CC(=O)Nc3ccc(Br)cc3)C(=O)N(Cc3ccc(Cl)cc3Cl)C2C1. The first-order valence-electron chi connectivity index (χ1n) is 11.8. The summed E-state index contributed by atoms with van der Waals surface area (Å²) in [6, 6.07) is 11.8. The third kappa shape index (κ3) is 6.96. The third-order valence-electron chi connectivity index (χ3n) is 6.04. The summed E-state index contributed by atoms with van der Waals surface area (Å²) in [7, 11) is 0. The molecule has 8 nitrogen and oxygen atoms in total. The molecule has 0 bridgehead atoms. The van der Waals surface area contributed by atoms with E-state index in [0.29, 0.717) is 21.3 Å². The summed E-state index contributed by atoms with van der Waals surface area (Å²) in [5, 5.41) is 3.71. The van der Waals surface area contributed by atoms with Crippen LogP contribution in [0.5, 0.6) is 0 Å². The van der Waals surface area contributed by atoms with Crippen LogP contribution in [0.4, 0.5) is 10.5 Å². The Balaban J connectivity index is 1.54. The number of hydrogen-bond acceptors (Lipinski definition) is 5. The van der Waals surface area contributed by atoms with Gasteiger partial charge in [-0.2, -0.15) is 0 Å². The molecule has 37 heavy (non-hydrogen) atoms. The summed E-state index contributed by atoms with van der Waals surface area (Å²) in [5.41, 5.74) is 0.649. The first-order chi connectivity index (χ1) is 17.4. The number of carbonyl (C=O) groups excluding carboxylic acids is 3. The molecule has 3 unspecified atom stereocenters. The van der Waals surface area contributed by atoms with Crippen molar-refractivity contribution in [1.29, 1.82) is 0 Å².